The molecule has 130 valence electrons. The van der Waals surface area contributed by atoms with Crippen molar-refractivity contribution in [3.8, 4) is 0 Å². The fraction of sp³-hybridized carbons (Fsp3) is 0.222. The van der Waals surface area contributed by atoms with Gasteiger partial charge in [0, 0.05) is 29.7 Å². The Balaban J connectivity index is 1.63. The average Bonchev–Trinajstić information content (AvgIpc) is 2.97. The zero-order valence-electron chi connectivity index (χ0n) is 13.1. The van der Waals surface area contributed by atoms with Crippen molar-refractivity contribution < 1.29 is 14.0 Å². The first-order valence-electron chi connectivity index (χ1n) is 7.71. The molecule has 4 nitrogen and oxygen atoms in total. The number of carbonyl (C=O) groups is 2. The summed E-state index contributed by atoms with van der Waals surface area (Å²) in [6, 6.07) is 11.7. The monoisotopic (exact) mass is 424 g/mol. The number of hydrogen-bond donors (Lipinski definition) is 1. The summed E-state index contributed by atoms with van der Waals surface area (Å²) in [5.41, 5.74) is 1.47. The molecule has 0 aromatic heterocycles. The van der Waals surface area contributed by atoms with Gasteiger partial charge in [0.05, 0.1) is 10.9 Å². The summed E-state index contributed by atoms with van der Waals surface area (Å²) in [4.78, 5) is 26.0. The van der Waals surface area contributed by atoms with Crippen molar-refractivity contribution in [2.24, 2.45) is 5.92 Å². The SMILES string of the molecule is O=C(NCc1cccc(Br)c1)[C@H]1CC(=O)N(c2ccc(F)c(Cl)c2)C1. The quantitative estimate of drug-likeness (QED) is 0.807. The molecular formula is C18H15BrClFN2O2. The van der Waals surface area contributed by atoms with Gasteiger partial charge in [-0.2, -0.15) is 0 Å². The molecule has 0 aliphatic carbocycles. The van der Waals surface area contributed by atoms with Gasteiger partial charge in [-0.3, -0.25) is 9.59 Å². The summed E-state index contributed by atoms with van der Waals surface area (Å²) < 4.78 is 14.2. The standard InChI is InChI=1S/C18H15BrClFN2O2/c19-13-3-1-2-11(6-13)9-22-18(25)12-7-17(24)23(10-12)14-4-5-16(21)15(20)8-14/h1-6,8,12H,7,9-10H2,(H,22,25)/t12-/m0/s1. The van der Waals surface area contributed by atoms with E-state index in [1.54, 1.807) is 0 Å². The van der Waals surface area contributed by atoms with Crippen molar-refractivity contribution in [3.63, 3.8) is 0 Å². The molecule has 3 rings (SSSR count). The summed E-state index contributed by atoms with van der Waals surface area (Å²) in [5, 5.41) is 2.81. The maximum absolute atomic E-state index is 13.3. The number of amides is 2. The fourth-order valence-corrected chi connectivity index (χ4v) is 3.39. The first-order valence-corrected chi connectivity index (χ1v) is 8.88. The maximum Gasteiger partial charge on any atom is 0.227 e. The number of halogens is 3. The highest BCUT2D eigenvalue weighted by Crippen LogP contribution is 2.28. The highest BCUT2D eigenvalue weighted by Gasteiger charge is 2.35. The molecule has 0 radical (unpaired) electrons. The van der Waals surface area contributed by atoms with Gasteiger partial charge in [-0.1, -0.05) is 39.7 Å². The van der Waals surface area contributed by atoms with Crippen LogP contribution in [0.4, 0.5) is 10.1 Å². The fourth-order valence-electron chi connectivity index (χ4n) is 2.77. The van der Waals surface area contributed by atoms with Crippen LogP contribution in [0.2, 0.25) is 5.02 Å². The van der Waals surface area contributed by atoms with Gasteiger partial charge in [0.1, 0.15) is 5.82 Å². The summed E-state index contributed by atoms with van der Waals surface area (Å²) in [6.07, 6.45) is 0.124. The Morgan fingerprint density at radius 3 is 2.84 bits per heavy atom. The lowest BCUT2D eigenvalue weighted by Crippen LogP contribution is -2.32. The first-order chi connectivity index (χ1) is 11.9. The van der Waals surface area contributed by atoms with E-state index >= 15 is 0 Å². The molecule has 1 N–H and O–H groups in total. The highest BCUT2D eigenvalue weighted by atomic mass is 79.9. The Kier molecular flexibility index (Phi) is 5.39. The van der Waals surface area contributed by atoms with E-state index in [0.29, 0.717) is 12.2 Å². The van der Waals surface area contributed by atoms with Gasteiger partial charge in [0.15, 0.2) is 0 Å². The van der Waals surface area contributed by atoms with Crippen molar-refractivity contribution in [3.05, 3.63) is 63.3 Å². The van der Waals surface area contributed by atoms with E-state index in [0.717, 1.165) is 10.0 Å². The van der Waals surface area contributed by atoms with Crippen LogP contribution in [0, 0.1) is 11.7 Å². The second kappa shape index (κ2) is 7.54. The smallest absolute Gasteiger partial charge is 0.227 e. The van der Waals surface area contributed by atoms with Gasteiger partial charge in [0.25, 0.3) is 0 Å². The van der Waals surface area contributed by atoms with Crippen LogP contribution >= 0.6 is 27.5 Å². The predicted octanol–water partition coefficient (Wildman–Crippen LogP) is 3.91. The van der Waals surface area contributed by atoms with Crippen LogP contribution in [-0.4, -0.2) is 18.4 Å². The van der Waals surface area contributed by atoms with Crippen LogP contribution in [0.15, 0.2) is 46.9 Å². The minimum atomic E-state index is -0.541. The molecule has 0 saturated carbocycles. The number of nitrogens with one attached hydrogen (secondary N) is 1. The first kappa shape index (κ1) is 17.9. The minimum absolute atomic E-state index is 0.0483. The maximum atomic E-state index is 13.3. The zero-order chi connectivity index (χ0) is 18.0. The third kappa shape index (κ3) is 4.19. The molecule has 25 heavy (non-hydrogen) atoms. The van der Waals surface area contributed by atoms with Crippen LogP contribution in [0.3, 0.4) is 0 Å². The van der Waals surface area contributed by atoms with E-state index in [-0.39, 0.29) is 29.8 Å². The van der Waals surface area contributed by atoms with E-state index in [4.69, 9.17) is 11.6 Å². The molecule has 7 heteroatoms. The number of rotatable bonds is 4. The van der Waals surface area contributed by atoms with E-state index < -0.39 is 11.7 Å². The number of anilines is 1. The number of hydrogen-bond acceptors (Lipinski definition) is 2. The Morgan fingerprint density at radius 2 is 2.12 bits per heavy atom. The second-order valence-electron chi connectivity index (χ2n) is 5.85. The molecular weight excluding hydrogens is 411 g/mol. The topological polar surface area (TPSA) is 49.4 Å². The molecule has 2 aromatic rings. The van der Waals surface area contributed by atoms with Gasteiger partial charge >= 0.3 is 0 Å². The third-order valence-electron chi connectivity index (χ3n) is 4.07. The highest BCUT2D eigenvalue weighted by molar-refractivity contribution is 9.10. The average molecular weight is 426 g/mol. The van der Waals surface area contributed by atoms with E-state index in [9.17, 15) is 14.0 Å². The lowest BCUT2D eigenvalue weighted by atomic mass is 10.1. The van der Waals surface area contributed by atoms with Gasteiger partial charge in [-0.15, -0.1) is 0 Å². The summed E-state index contributed by atoms with van der Waals surface area (Å²) in [5.74, 6) is -1.34. The van der Waals surface area contributed by atoms with E-state index in [1.807, 2.05) is 24.3 Å². The summed E-state index contributed by atoms with van der Waals surface area (Å²) in [7, 11) is 0. The minimum Gasteiger partial charge on any atom is -0.352 e. The molecule has 1 saturated heterocycles. The van der Waals surface area contributed by atoms with Crippen LogP contribution in [0.5, 0.6) is 0 Å². The molecule has 1 aliphatic rings. The number of nitrogens with zero attached hydrogens (tertiary/aromatic N) is 1. The number of benzene rings is 2. The van der Waals surface area contributed by atoms with Crippen LogP contribution in [0.25, 0.3) is 0 Å². The van der Waals surface area contributed by atoms with Gasteiger partial charge in [-0.05, 0) is 35.9 Å². The van der Waals surface area contributed by atoms with Gasteiger partial charge in [0.2, 0.25) is 11.8 Å². The molecule has 1 fully saturated rings. The predicted molar refractivity (Wildman–Crippen MR) is 97.9 cm³/mol. The van der Waals surface area contributed by atoms with Crippen molar-refractivity contribution in [1.29, 1.82) is 0 Å². The third-order valence-corrected chi connectivity index (χ3v) is 4.85. The Hall–Kier alpha value is -1.92. The molecule has 2 aromatic carbocycles. The Bertz CT molecular complexity index is 830. The number of carbonyl (C=O) groups excluding carboxylic acids is 2. The zero-order valence-corrected chi connectivity index (χ0v) is 15.5. The van der Waals surface area contributed by atoms with Gasteiger partial charge in [-0.25, -0.2) is 4.39 Å². The van der Waals surface area contributed by atoms with Crippen LogP contribution in [0.1, 0.15) is 12.0 Å². The molecule has 1 aliphatic heterocycles. The molecule has 0 unspecified atom stereocenters. The Labute approximate surface area is 158 Å². The summed E-state index contributed by atoms with van der Waals surface area (Å²) in [6.45, 7) is 0.649. The largest absolute Gasteiger partial charge is 0.352 e. The van der Waals surface area contributed by atoms with E-state index in [2.05, 4.69) is 21.2 Å². The lowest BCUT2D eigenvalue weighted by Gasteiger charge is -2.17. The van der Waals surface area contributed by atoms with E-state index in [1.165, 1.54) is 23.1 Å². The van der Waals surface area contributed by atoms with Gasteiger partial charge < -0.3 is 10.2 Å². The molecule has 0 bridgehead atoms. The lowest BCUT2D eigenvalue weighted by molar-refractivity contribution is -0.126. The molecule has 0 spiro atoms. The van der Waals surface area contributed by atoms with Crippen molar-refractivity contribution in [1.82, 2.24) is 5.32 Å². The second-order valence-corrected chi connectivity index (χ2v) is 7.17. The van der Waals surface area contributed by atoms with Crippen LogP contribution < -0.4 is 10.2 Å². The van der Waals surface area contributed by atoms with Crippen molar-refractivity contribution in [2.45, 2.75) is 13.0 Å². The van der Waals surface area contributed by atoms with Crippen molar-refractivity contribution in [2.75, 3.05) is 11.4 Å². The summed E-state index contributed by atoms with van der Waals surface area (Å²) >= 11 is 9.16. The van der Waals surface area contributed by atoms with Crippen molar-refractivity contribution >= 4 is 45.0 Å². The Morgan fingerprint density at radius 1 is 1.32 bits per heavy atom. The van der Waals surface area contributed by atoms with Crippen LogP contribution in [-0.2, 0) is 16.1 Å². The molecule has 1 atom stereocenters. The normalized spacial score (nSPS) is 17.0. The molecule has 1 heterocycles. The molecule has 2 amide bonds.